The van der Waals surface area contributed by atoms with E-state index in [1.807, 2.05) is 0 Å². The van der Waals surface area contributed by atoms with Gasteiger partial charge in [-0.1, -0.05) is 6.92 Å². The average Bonchev–Trinajstić information content (AvgIpc) is 2.72. The number of rotatable bonds is 4. The van der Waals surface area contributed by atoms with Crippen LogP contribution in [0.1, 0.15) is 26.2 Å². The molecule has 18 heavy (non-hydrogen) atoms. The number of H-pyrrole nitrogens is 1. The first-order valence-electron chi connectivity index (χ1n) is 6.70. The van der Waals surface area contributed by atoms with Crippen LogP contribution in [0.4, 0.5) is 5.95 Å². The molecule has 0 aliphatic carbocycles. The standard InChI is InChI=1S/C12H23N5S/c1-4-7-17-11(13-14-12(17)18)16(3)10-5-8-15(2)9-6-10/h10H,4-9H2,1-3H3,(H,14,18). The molecule has 1 saturated heterocycles. The summed E-state index contributed by atoms with van der Waals surface area (Å²) in [6.45, 7) is 5.41. The second kappa shape index (κ2) is 5.84. The predicted octanol–water partition coefficient (Wildman–Crippen LogP) is 1.88. The molecule has 1 fully saturated rings. The summed E-state index contributed by atoms with van der Waals surface area (Å²) < 4.78 is 2.83. The fraction of sp³-hybridized carbons (Fsp3) is 0.833. The minimum Gasteiger partial charge on any atom is -0.341 e. The third-order valence-electron chi connectivity index (χ3n) is 3.74. The Balaban J connectivity index is 2.13. The maximum absolute atomic E-state index is 5.29. The fourth-order valence-corrected chi connectivity index (χ4v) is 2.77. The summed E-state index contributed by atoms with van der Waals surface area (Å²) >= 11 is 5.29. The molecule has 1 aromatic rings. The minimum absolute atomic E-state index is 0.571. The Morgan fingerprint density at radius 2 is 2.11 bits per heavy atom. The van der Waals surface area contributed by atoms with Crippen LogP contribution in [-0.4, -0.2) is 52.9 Å². The molecule has 0 atom stereocenters. The number of hydrogen-bond acceptors (Lipinski definition) is 4. The Labute approximate surface area is 114 Å². The van der Waals surface area contributed by atoms with Gasteiger partial charge in [0.2, 0.25) is 5.95 Å². The van der Waals surface area contributed by atoms with Gasteiger partial charge < -0.3 is 9.80 Å². The summed E-state index contributed by atoms with van der Waals surface area (Å²) in [5.74, 6) is 0.983. The lowest BCUT2D eigenvalue weighted by molar-refractivity contribution is 0.251. The van der Waals surface area contributed by atoms with Crippen LogP contribution >= 0.6 is 12.2 Å². The largest absolute Gasteiger partial charge is 0.341 e. The first kappa shape index (κ1) is 13.5. The smallest absolute Gasteiger partial charge is 0.225 e. The van der Waals surface area contributed by atoms with E-state index in [1.54, 1.807) is 0 Å². The Morgan fingerprint density at radius 1 is 1.44 bits per heavy atom. The van der Waals surface area contributed by atoms with Gasteiger partial charge >= 0.3 is 0 Å². The summed E-state index contributed by atoms with van der Waals surface area (Å²) in [6, 6.07) is 0.571. The van der Waals surface area contributed by atoms with Gasteiger partial charge in [0.05, 0.1) is 0 Å². The average molecular weight is 269 g/mol. The molecular weight excluding hydrogens is 246 g/mol. The third-order valence-corrected chi connectivity index (χ3v) is 4.05. The van der Waals surface area contributed by atoms with Gasteiger partial charge in [-0.05, 0) is 51.6 Å². The zero-order chi connectivity index (χ0) is 13.1. The molecule has 2 rings (SSSR count). The molecular formula is C12H23N5S. The van der Waals surface area contributed by atoms with E-state index in [-0.39, 0.29) is 0 Å². The van der Waals surface area contributed by atoms with Crippen LogP contribution in [0, 0.1) is 4.77 Å². The molecule has 6 heteroatoms. The van der Waals surface area contributed by atoms with Crippen molar-refractivity contribution in [3.05, 3.63) is 4.77 Å². The number of likely N-dealkylation sites (tertiary alicyclic amines) is 1. The summed E-state index contributed by atoms with van der Waals surface area (Å²) in [4.78, 5) is 4.67. The van der Waals surface area contributed by atoms with Crippen molar-refractivity contribution >= 4 is 18.2 Å². The minimum atomic E-state index is 0.571. The van der Waals surface area contributed by atoms with Crippen LogP contribution in [-0.2, 0) is 6.54 Å². The molecule has 0 amide bonds. The second-order valence-corrected chi connectivity index (χ2v) is 5.51. The molecule has 0 unspecified atom stereocenters. The normalized spacial score (nSPS) is 18.2. The van der Waals surface area contributed by atoms with Crippen LogP contribution in [0.3, 0.4) is 0 Å². The van der Waals surface area contributed by atoms with Gasteiger partial charge in [-0.2, -0.15) is 0 Å². The lowest BCUT2D eigenvalue weighted by Gasteiger charge is -2.35. The second-order valence-electron chi connectivity index (χ2n) is 5.13. The van der Waals surface area contributed by atoms with E-state index < -0.39 is 0 Å². The van der Waals surface area contributed by atoms with Crippen molar-refractivity contribution < 1.29 is 0 Å². The lowest BCUT2D eigenvalue weighted by atomic mass is 10.0. The van der Waals surface area contributed by atoms with Gasteiger partial charge in [0, 0.05) is 19.6 Å². The van der Waals surface area contributed by atoms with Crippen molar-refractivity contribution in [2.45, 2.75) is 38.8 Å². The number of aromatic amines is 1. The Hall–Kier alpha value is -0.880. The quantitative estimate of drug-likeness (QED) is 0.847. The zero-order valence-corrected chi connectivity index (χ0v) is 12.3. The van der Waals surface area contributed by atoms with E-state index >= 15 is 0 Å². The van der Waals surface area contributed by atoms with Crippen molar-refractivity contribution in [1.29, 1.82) is 0 Å². The van der Waals surface area contributed by atoms with Gasteiger partial charge in [0.25, 0.3) is 0 Å². The number of anilines is 1. The number of aromatic nitrogens is 3. The fourth-order valence-electron chi connectivity index (χ4n) is 2.55. The molecule has 0 bridgehead atoms. The van der Waals surface area contributed by atoms with Crippen LogP contribution < -0.4 is 4.90 Å². The van der Waals surface area contributed by atoms with Gasteiger partial charge in [0.1, 0.15) is 0 Å². The molecule has 0 saturated carbocycles. The van der Waals surface area contributed by atoms with Crippen molar-refractivity contribution in [3.63, 3.8) is 0 Å². The monoisotopic (exact) mass is 269 g/mol. The van der Waals surface area contributed by atoms with Crippen molar-refractivity contribution in [2.24, 2.45) is 0 Å². The molecule has 0 spiro atoms. The Kier molecular flexibility index (Phi) is 4.40. The zero-order valence-electron chi connectivity index (χ0n) is 11.5. The van der Waals surface area contributed by atoms with Gasteiger partial charge in [0.15, 0.2) is 4.77 Å². The first-order chi connectivity index (χ1) is 8.63. The molecule has 0 aromatic carbocycles. The van der Waals surface area contributed by atoms with Crippen molar-refractivity contribution in [1.82, 2.24) is 19.7 Å². The third kappa shape index (κ3) is 2.75. The van der Waals surface area contributed by atoms with E-state index in [0.29, 0.717) is 6.04 Å². The summed E-state index contributed by atoms with van der Waals surface area (Å²) in [7, 11) is 4.32. The van der Waals surface area contributed by atoms with Crippen LogP contribution in [0.15, 0.2) is 0 Å². The maximum atomic E-state index is 5.29. The SMILES string of the molecule is CCCn1c(N(C)C2CCN(C)CC2)n[nH]c1=S. The molecule has 1 N–H and O–H groups in total. The van der Waals surface area contributed by atoms with Crippen molar-refractivity contribution in [3.8, 4) is 0 Å². The highest BCUT2D eigenvalue weighted by molar-refractivity contribution is 7.71. The van der Waals surface area contributed by atoms with E-state index in [2.05, 4.69) is 45.6 Å². The number of hydrogen-bond donors (Lipinski definition) is 1. The Morgan fingerprint density at radius 3 is 2.72 bits per heavy atom. The van der Waals surface area contributed by atoms with E-state index in [9.17, 15) is 0 Å². The number of nitrogens with one attached hydrogen (secondary N) is 1. The summed E-state index contributed by atoms with van der Waals surface area (Å²) in [6.07, 6.45) is 3.46. The van der Waals surface area contributed by atoms with Crippen LogP contribution in [0.5, 0.6) is 0 Å². The first-order valence-corrected chi connectivity index (χ1v) is 7.11. The topological polar surface area (TPSA) is 40.1 Å². The molecule has 1 aromatic heterocycles. The molecule has 2 heterocycles. The highest BCUT2D eigenvalue weighted by Gasteiger charge is 2.23. The molecule has 1 aliphatic rings. The Bertz CT molecular complexity index is 430. The van der Waals surface area contributed by atoms with Gasteiger partial charge in [-0.15, -0.1) is 5.10 Å². The lowest BCUT2D eigenvalue weighted by Crippen LogP contribution is -2.42. The van der Waals surface area contributed by atoms with E-state index in [4.69, 9.17) is 12.2 Å². The summed E-state index contributed by atoms with van der Waals surface area (Å²) in [5.41, 5.74) is 0. The van der Waals surface area contributed by atoms with Crippen LogP contribution in [0.2, 0.25) is 0 Å². The van der Waals surface area contributed by atoms with Gasteiger partial charge in [-0.3, -0.25) is 4.57 Å². The number of nitrogens with zero attached hydrogens (tertiary/aromatic N) is 4. The highest BCUT2D eigenvalue weighted by Crippen LogP contribution is 2.20. The predicted molar refractivity (Wildman–Crippen MR) is 76.6 cm³/mol. The van der Waals surface area contributed by atoms with Gasteiger partial charge in [-0.25, -0.2) is 5.10 Å². The molecule has 102 valence electrons. The maximum Gasteiger partial charge on any atom is 0.225 e. The highest BCUT2D eigenvalue weighted by atomic mass is 32.1. The van der Waals surface area contributed by atoms with Crippen LogP contribution in [0.25, 0.3) is 0 Å². The molecule has 0 radical (unpaired) electrons. The summed E-state index contributed by atoms with van der Waals surface area (Å²) in [5, 5.41) is 7.30. The molecule has 1 aliphatic heterocycles. The molecule has 5 nitrogen and oxygen atoms in total. The van der Waals surface area contributed by atoms with E-state index in [0.717, 1.165) is 36.8 Å². The van der Waals surface area contributed by atoms with E-state index in [1.165, 1.54) is 12.8 Å². The van der Waals surface area contributed by atoms with Crippen molar-refractivity contribution in [2.75, 3.05) is 32.1 Å². The number of piperidine rings is 1.